The lowest BCUT2D eigenvalue weighted by atomic mass is 10.0. The normalized spacial score (nSPS) is 13.7. The third kappa shape index (κ3) is 4.89. The van der Waals surface area contributed by atoms with E-state index >= 15 is 0 Å². The van der Waals surface area contributed by atoms with Gasteiger partial charge in [-0.2, -0.15) is 0 Å². The first-order valence-electron chi connectivity index (χ1n) is 9.88. The van der Waals surface area contributed by atoms with Crippen molar-refractivity contribution in [2.45, 2.75) is 31.6 Å². The van der Waals surface area contributed by atoms with Gasteiger partial charge in [0, 0.05) is 25.3 Å². The van der Waals surface area contributed by atoms with Crippen LogP contribution in [0.15, 0.2) is 47.4 Å². The van der Waals surface area contributed by atoms with Crippen molar-refractivity contribution in [2.24, 2.45) is 5.14 Å². The number of aryl methyl sites for hydroxylation is 1. The molecule has 8 heteroatoms. The Morgan fingerprint density at radius 3 is 2.59 bits per heavy atom. The van der Waals surface area contributed by atoms with Gasteiger partial charge in [-0.25, -0.2) is 13.6 Å². The maximum atomic E-state index is 12.9. The lowest BCUT2D eigenvalue weighted by Crippen LogP contribution is -2.37. The molecular formula is C21H28N4O3S. The van der Waals surface area contributed by atoms with Crippen molar-refractivity contribution in [3.05, 3.63) is 48.0 Å². The van der Waals surface area contributed by atoms with Crippen molar-refractivity contribution in [3.8, 4) is 0 Å². The van der Waals surface area contributed by atoms with Crippen LogP contribution in [-0.4, -0.2) is 40.5 Å². The highest BCUT2D eigenvalue weighted by atomic mass is 32.2. The molecule has 156 valence electrons. The van der Waals surface area contributed by atoms with Crippen molar-refractivity contribution in [3.63, 3.8) is 0 Å². The molecule has 1 aliphatic heterocycles. The summed E-state index contributed by atoms with van der Waals surface area (Å²) in [5, 5.41) is 8.20. The number of primary sulfonamides is 1. The third-order valence-electron chi connectivity index (χ3n) is 5.22. The molecule has 0 atom stereocenters. The van der Waals surface area contributed by atoms with E-state index in [9.17, 15) is 13.2 Å². The Morgan fingerprint density at radius 1 is 1.17 bits per heavy atom. The molecule has 1 aliphatic rings. The van der Waals surface area contributed by atoms with E-state index in [0.717, 1.165) is 43.9 Å². The van der Waals surface area contributed by atoms with Gasteiger partial charge in [-0.15, -0.1) is 0 Å². The van der Waals surface area contributed by atoms with Gasteiger partial charge in [-0.3, -0.25) is 4.79 Å². The number of rotatable bonds is 7. The number of carbonyl (C=O) groups excluding carboxylic acids is 1. The molecule has 0 fully saturated rings. The fourth-order valence-electron chi connectivity index (χ4n) is 3.77. The minimum absolute atomic E-state index is 0.0213. The molecule has 0 aromatic heterocycles. The monoisotopic (exact) mass is 416 g/mol. The number of nitrogens with zero attached hydrogens (tertiary/aromatic N) is 2. The molecule has 0 spiro atoms. The molecule has 3 rings (SSSR count). The summed E-state index contributed by atoms with van der Waals surface area (Å²) < 4.78 is 23.6. The molecule has 0 saturated carbocycles. The average molecular weight is 417 g/mol. The number of amides is 1. The molecular weight excluding hydrogens is 388 g/mol. The van der Waals surface area contributed by atoms with E-state index in [2.05, 4.69) is 21.2 Å². The van der Waals surface area contributed by atoms with Gasteiger partial charge < -0.3 is 15.1 Å². The molecule has 0 unspecified atom stereocenters. The smallest absolute Gasteiger partial charge is 0.243 e. The van der Waals surface area contributed by atoms with E-state index < -0.39 is 10.0 Å². The van der Waals surface area contributed by atoms with Crippen LogP contribution < -0.4 is 20.3 Å². The van der Waals surface area contributed by atoms with Crippen LogP contribution in [0.5, 0.6) is 0 Å². The van der Waals surface area contributed by atoms with E-state index in [4.69, 9.17) is 5.14 Å². The molecule has 1 heterocycles. The standard InChI is InChI=1S/C21H28N4O3S/c1-3-24(4-2)20-12-11-17(29(22,27)28)14-18(20)23-21(26)15-25-13-7-9-16-8-5-6-10-19(16)25/h5-6,8,10-12,14H,3-4,7,9,13,15H2,1-2H3,(H,23,26)(H2,22,27,28). The van der Waals surface area contributed by atoms with Gasteiger partial charge in [0.2, 0.25) is 15.9 Å². The van der Waals surface area contributed by atoms with Crippen LogP contribution in [0.2, 0.25) is 0 Å². The van der Waals surface area contributed by atoms with Crippen molar-refractivity contribution in [2.75, 3.05) is 41.3 Å². The molecule has 2 aromatic carbocycles. The van der Waals surface area contributed by atoms with E-state index in [1.807, 2.05) is 32.0 Å². The first-order chi connectivity index (χ1) is 13.8. The molecule has 0 radical (unpaired) electrons. The zero-order chi connectivity index (χ0) is 21.0. The first kappa shape index (κ1) is 21.1. The molecule has 0 aliphatic carbocycles. The highest BCUT2D eigenvalue weighted by Gasteiger charge is 2.21. The van der Waals surface area contributed by atoms with E-state index in [0.29, 0.717) is 5.69 Å². The van der Waals surface area contributed by atoms with Crippen LogP contribution in [0.25, 0.3) is 0 Å². The number of nitrogens with two attached hydrogens (primary N) is 1. The number of anilines is 3. The summed E-state index contributed by atoms with van der Waals surface area (Å²) in [6, 6.07) is 12.7. The van der Waals surface area contributed by atoms with Crippen LogP contribution in [0.4, 0.5) is 17.1 Å². The number of fused-ring (bicyclic) bond motifs is 1. The minimum Gasteiger partial charge on any atom is -0.370 e. The topological polar surface area (TPSA) is 95.7 Å². The molecule has 2 aromatic rings. The largest absolute Gasteiger partial charge is 0.370 e. The van der Waals surface area contributed by atoms with Crippen molar-refractivity contribution in [1.29, 1.82) is 0 Å². The van der Waals surface area contributed by atoms with Gasteiger partial charge in [0.25, 0.3) is 0 Å². The van der Waals surface area contributed by atoms with E-state index in [1.165, 1.54) is 17.7 Å². The van der Waals surface area contributed by atoms with Gasteiger partial charge in [-0.1, -0.05) is 18.2 Å². The molecule has 7 nitrogen and oxygen atoms in total. The van der Waals surface area contributed by atoms with E-state index in [1.54, 1.807) is 6.07 Å². The Labute approximate surface area is 172 Å². The third-order valence-corrected chi connectivity index (χ3v) is 6.13. The zero-order valence-electron chi connectivity index (χ0n) is 16.9. The number of hydrogen-bond donors (Lipinski definition) is 2. The molecule has 0 bridgehead atoms. The van der Waals surface area contributed by atoms with Crippen LogP contribution in [-0.2, 0) is 21.2 Å². The highest BCUT2D eigenvalue weighted by Crippen LogP contribution is 2.30. The second kappa shape index (κ2) is 8.84. The molecule has 3 N–H and O–H groups in total. The van der Waals surface area contributed by atoms with Gasteiger partial charge in [-0.05, 0) is 56.5 Å². The van der Waals surface area contributed by atoms with Crippen molar-refractivity contribution < 1.29 is 13.2 Å². The number of hydrogen-bond acceptors (Lipinski definition) is 5. The van der Waals surface area contributed by atoms with Crippen molar-refractivity contribution >= 4 is 33.0 Å². The Bertz CT molecular complexity index is 987. The van der Waals surface area contributed by atoms with Crippen LogP contribution >= 0.6 is 0 Å². The Morgan fingerprint density at radius 2 is 1.90 bits per heavy atom. The summed E-state index contributed by atoms with van der Waals surface area (Å²) >= 11 is 0. The predicted molar refractivity (Wildman–Crippen MR) is 117 cm³/mol. The highest BCUT2D eigenvalue weighted by molar-refractivity contribution is 7.89. The molecule has 29 heavy (non-hydrogen) atoms. The number of benzene rings is 2. The summed E-state index contributed by atoms with van der Waals surface area (Å²) in [5.41, 5.74) is 3.55. The second-order valence-corrected chi connectivity index (χ2v) is 8.66. The van der Waals surface area contributed by atoms with Gasteiger partial charge in [0.15, 0.2) is 0 Å². The minimum atomic E-state index is -3.86. The summed E-state index contributed by atoms with van der Waals surface area (Å²) in [6.07, 6.45) is 2.01. The molecule has 1 amide bonds. The maximum Gasteiger partial charge on any atom is 0.243 e. The lowest BCUT2D eigenvalue weighted by molar-refractivity contribution is -0.115. The predicted octanol–water partition coefficient (Wildman–Crippen LogP) is 2.57. The Kier molecular flexibility index (Phi) is 6.44. The van der Waals surface area contributed by atoms with Gasteiger partial charge >= 0.3 is 0 Å². The van der Waals surface area contributed by atoms with E-state index in [-0.39, 0.29) is 17.3 Å². The number of sulfonamides is 1. The number of nitrogens with one attached hydrogen (secondary N) is 1. The zero-order valence-corrected chi connectivity index (χ0v) is 17.7. The number of para-hydroxylation sites is 1. The Balaban J connectivity index is 1.85. The summed E-state index contributed by atoms with van der Waals surface area (Å²) in [6.45, 7) is 6.49. The fourth-order valence-corrected chi connectivity index (χ4v) is 4.31. The maximum absolute atomic E-state index is 12.9. The first-order valence-corrected chi connectivity index (χ1v) is 11.4. The quantitative estimate of drug-likeness (QED) is 0.723. The summed E-state index contributed by atoms with van der Waals surface area (Å²) in [7, 11) is -3.86. The molecule has 0 saturated heterocycles. The van der Waals surface area contributed by atoms with Gasteiger partial charge in [0.1, 0.15) is 0 Å². The second-order valence-electron chi connectivity index (χ2n) is 7.10. The average Bonchev–Trinajstić information content (AvgIpc) is 2.69. The SMILES string of the molecule is CCN(CC)c1ccc(S(N)(=O)=O)cc1NC(=O)CN1CCCc2ccccc21. The summed E-state index contributed by atoms with van der Waals surface area (Å²) in [5.74, 6) is -0.193. The lowest BCUT2D eigenvalue weighted by Gasteiger charge is -2.31. The summed E-state index contributed by atoms with van der Waals surface area (Å²) in [4.78, 5) is 16.9. The van der Waals surface area contributed by atoms with Crippen molar-refractivity contribution in [1.82, 2.24) is 0 Å². The van der Waals surface area contributed by atoms with Crippen LogP contribution in [0.1, 0.15) is 25.8 Å². The van der Waals surface area contributed by atoms with Gasteiger partial charge in [0.05, 0.1) is 22.8 Å². The van der Waals surface area contributed by atoms with Crippen LogP contribution in [0.3, 0.4) is 0 Å². The van der Waals surface area contributed by atoms with Crippen LogP contribution in [0, 0.1) is 0 Å². The fraction of sp³-hybridized carbons (Fsp3) is 0.381. The number of carbonyl (C=O) groups is 1. The Hall–Kier alpha value is -2.58.